The highest BCUT2D eigenvalue weighted by Gasteiger charge is 2.23. The van der Waals surface area contributed by atoms with Crippen molar-refractivity contribution in [2.45, 2.75) is 25.0 Å². The number of carbonyl (C=O) groups excluding carboxylic acids is 1. The molecule has 6 heteroatoms. The summed E-state index contributed by atoms with van der Waals surface area (Å²) >= 11 is 0. The zero-order valence-electron chi connectivity index (χ0n) is 13.8. The molecule has 1 aromatic rings. The summed E-state index contributed by atoms with van der Waals surface area (Å²) in [6.45, 7) is 3.03. The van der Waals surface area contributed by atoms with Crippen LogP contribution in [-0.4, -0.2) is 67.2 Å². The fourth-order valence-electron chi connectivity index (χ4n) is 2.94. The van der Waals surface area contributed by atoms with Crippen molar-refractivity contribution in [2.75, 3.05) is 40.3 Å². The van der Waals surface area contributed by atoms with Gasteiger partial charge in [0.25, 0.3) is 0 Å². The van der Waals surface area contributed by atoms with E-state index in [1.165, 1.54) is 12.1 Å². The standard InChI is InChI=1S/C17H26FN3O2/c1-20(2)16(13-4-3-5-14(18)12-13)17(23)19-8-11-21-9-6-15(22)7-10-21/h3-5,12,15-16,22H,6-11H2,1-2H3,(H,19,23). The van der Waals surface area contributed by atoms with Crippen LogP contribution in [0.25, 0.3) is 0 Å². The van der Waals surface area contributed by atoms with E-state index in [2.05, 4.69) is 10.2 Å². The molecule has 0 saturated carbocycles. The van der Waals surface area contributed by atoms with Crippen LogP contribution in [0.5, 0.6) is 0 Å². The number of amides is 1. The molecule has 1 atom stereocenters. The molecule has 128 valence electrons. The van der Waals surface area contributed by atoms with Crippen molar-refractivity contribution in [3.8, 4) is 0 Å². The Morgan fingerprint density at radius 2 is 2.13 bits per heavy atom. The Kier molecular flexibility index (Phi) is 6.50. The summed E-state index contributed by atoms with van der Waals surface area (Å²) in [5.74, 6) is -0.466. The van der Waals surface area contributed by atoms with Crippen molar-refractivity contribution < 1.29 is 14.3 Å². The summed E-state index contributed by atoms with van der Waals surface area (Å²) < 4.78 is 13.4. The van der Waals surface area contributed by atoms with E-state index in [-0.39, 0.29) is 17.8 Å². The SMILES string of the molecule is CN(C)C(C(=O)NCCN1CCC(O)CC1)c1cccc(F)c1. The Balaban J connectivity index is 1.86. The summed E-state index contributed by atoms with van der Waals surface area (Å²) in [5, 5.41) is 12.4. The van der Waals surface area contributed by atoms with Crippen molar-refractivity contribution in [3.05, 3.63) is 35.6 Å². The van der Waals surface area contributed by atoms with E-state index >= 15 is 0 Å². The maximum Gasteiger partial charge on any atom is 0.241 e. The van der Waals surface area contributed by atoms with Crippen LogP contribution in [0.4, 0.5) is 4.39 Å². The van der Waals surface area contributed by atoms with E-state index in [0.29, 0.717) is 12.1 Å². The maximum atomic E-state index is 13.4. The van der Waals surface area contributed by atoms with Crippen LogP contribution < -0.4 is 5.32 Å². The van der Waals surface area contributed by atoms with Crippen LogP contribution in [0.3, 0.4) is 0 Å². The predicted molar refractivity (Wildman–Crippen MR) is 87.5 cm³/mol. The van der Waals surface area contributed by atoms with E-state index in [4.69, 9.17) is 0 Å². The molecule has 1 saturated heterocycles. The molecule has 1 heterocycles. The molecule has 1 unspecified atom stereocenters. The Labute approximate surface area is 137 Å². The van der Waals surface area contributed by atoms with Gasteiger partial charge in [-0.3, -0.25) is 9.69 Å². The number of halogens is 1. The van der Waals surface area contributed by atoms with Gasteiger partial charge in [-0.05, 0) is 44.6 Å². The first-order valence-corrected chi connectivity index (χ1v) is 8.07. The van der Waals surface area contributed by atoms with E-state index in [1.54, 1.807) is 31.1 Å². The number of hydrogen-bond donors (Lipinski definition) is 2. The second-order valence-electron chi connectivity index (χ2n) is 6.28. The number of nitrogens with zero attached hydrogens (tertiary/aromatic N) is 2. The fraction of sp³-hybridized carbons (Fsp3) is 0.588. The molecule has 0 bridgehead atoms. The lowest BCUT2D eigenvalue weighted by Gasteiger charge is -2.30. The van der Waals surface area contributed by atoms with Gasteiger partial charge in [0.1, 0.15) is 11.9 Å². The minimum Gasteiger partial charge on any atom is -0.393 e. The molecule has 1 aliphatic rings. The van der Waals surface area contributed by atoms with Crippen LogP contribution in [0, 0.1) is 5.82 Å². The number of aliphatic hydroxyl groups is 1. The van der Waals surface area contributed by atoms with Gasteiger partial charge in [0.05, 0.1) is 6.10 Å². The van der Waals surface area contributed by atoms with Gasteiger partial charge >= 0.3 is 0 Å². The lowest BCUT2D eigenvalue weighted by atomic mass is 10.1. The number of hydrogen-bond acceptors (Lipinski definition) is 4. The number of nitrogens with one attached hydrogen (secondary N) is 1. The van der Waals surface area contributed by atoms with E-state index in [1.807, 2.05) is 0 Å². The van der Waals surface area contributed by atoms with Gasteiger partial charge < -0.3 is 15.3 Å². The van der Waals surface area contributed by atoms with Gasteiger partial charge in [0.15, 0.2) is 0 Å². The van der Waals surface area contributed by atoms with Gasteiger partial charge in [-0.1, -0.05) is 12.1 Å². The number of piperidine rings is 1. The predicted octanol–water partition coefficient (Wildman–Crippen LogP) is 1.00. The molecule has 23 heavy (non-hydrogen) atoms. The van der Waals surface area contributed by atoms with E-state index < -0.39 is 6.04 Å². The molecule has 2 N–H and O–H groups in total. The molecule has 0 aliphatic carbocycles. The zero-order valence-corrected chi connectivity index (χ0v) is 13.8. The summed E-state index contributed by atoms with van der Waals surface area (Å²) in [6.07, 6.45) is 1.39. The molecule has 0 spiro atoms. The number of likely N-dealkylation sites (N-methyl/N-ethyl adjacent to an activating group) is 1. The van der Waals surface area contributed by atoms with Gasteiger partial charge in [-0.25, -0.2) is 4.39 Å². The highest BCUT2D eigenvalue weighted by molar-refractivity contribution is 5.83. The minimum absolute atomic E-state index is 0.127. The van der Waals surface area contributed by atoms with Crippen LogP contribution >= 0.6 is 0 Å². The molecule has 1 aliphatic heterocycles. The molecule has 1 aromatic carbocycles. The number of rotatable bonds is 6. The summed E-state index contributed by atoms with van der Waals surface area (Å²) in [7, 11) is 3.61. The number of carbonyl (C=O) groups is 1. The van der Waals surface area contributed by atoms with Gasteiger partial charge in [0, 0.05) is 26.2 Å². The van der Waals surface area contributed by atoms with Crippen LogP contribution in [-0.2, 0) is 4.79 Å². The third-order valence-electron chi connectivity index (χ3n) is 4.21. The third-order valence-corrected chi connectivity index (χ3v) is 4.21. The maximum absolute atomic E-state index is 13.4. The fourth-order valence-corrected chi connectivity index (χ4v) is 2.94. The first kappa shape index (κ1) is 17.8. The number of likely N-dealkylation sites (tertiary alicyclic amines) is 1. The molecular weight excluding hydrogens is 297 g/mol. The average molecular weight is 323 g/mol. The molecule has 1 fully saturated rings. The Bertz CT molecular complexity index is 516. The quantitative estimate of drug-likeness (QED) is 0.820. The van der Waals surface area contributed by atoms with Crippen LogP contribution in [0.1, 0.15) is 24.4 Å². The Hall–Kier alpha value is -1.50. The lowest BCUT2D eigenvalue weighted by Crippen LogP contribution is -2.43. The summed E-state index contributed by atoms with van der Waals surface area (Å²) in [6, 6.07) is 5.65. The molecule has 0 radical (unpaired) electrons. The smallest absolute Gasteiger partial charge is 0.241 e. The normalized spacial score (nSPS) is 18.1. The van der Waals surface area contributed by atoms with E-state index in [9.17, 15) is 14.3 Å². The van der Waals surface area contributed by atoms with Crippen LogP contribution in [0.2, 0.25) is 0 Å². The molecule has 2 rings (SSSR count). The monoisotopic (exact) mass is 323 g/mol. The molecule has 0 aromatic heterocycles. The number of benzene rings is 1. The van der Waals surface area contributed by atoms with Crippen molar-refractivity contribution in [2.24, 2.45) is 0 Å². The summed E-state index contributed by atoms with van der Waals surface area (Å²) in [5.41, 5.74) is 0.647. The van der Waals surface area contributed by atoms with Gasteiger partial charge in [-0.15, -0.1) is 0 Å². The average Bonchev–Trinajstić information content (AvgIpc) is 2.49. The van der Waals surface area contributed by atoms with Crippen molar-refractivity contribution in [1.82, 2.24) is 15.1 Å². The highest BCUT2D eigenvalue weighted by Crippen LogP contribution is 2.19. The lowest BCUT2D eigenvalue weighted by molar-refractivity contribution is -0.125. The Morgan fingerprint density at radius 3 is 2.74 bits per heavy atom. The highest BCUT2D eigenvalue weighted by atomic mass is 19.1. The Morgan fingerprint density at radius 1 is 1.43 bits per heavy atom. The van der Waals surface area contributed by atoms with Crippen molar-refractivity contribution in [3.63, 3.8) is 0 Å². The minimum atomic E-state index is -0.506. The first-order valence-electron chi connectivity index (χ1n) is 8.07. The molecular formula is C17H26FN3O2. The molecule has 5 nitrogen and oxygen atoms in total. The van der Waals surface area contributed by atoms with Crippen molar-refractivity contribution in [1.29, 1.82) is 0 Å². The number of aliphatic hydroxyl groups excluding tert-OH is 1. The van der Waals surface area contributed by atoms with E-state index in [0.717, 1.165) is 32.5 Å². The largest absolute Gasteiger partial charge is 0.393 e. The van der Waals surface area contributed by atoms with Crippen LogP contribution in [0.15, 0.2) is 24.3 Å². The first-order chi connectivity index (χ1) is 11.0. The second-order valence-corrected chi connectivity index (χ2v) is 6.28. The van der Waals surface area contributed by atoms with Crippen molar-refractivity contribution >= 4 is 5.91 Å². The second kappa shape index (κ2) is 8.38. The van der Waals surface area contributed by atoms with Gasteiger partial charge in [-0.2, -0.15) is 0 Å². The van der Waals surface area contributed by atoms with Gasteiger partial charge in [0.2, 0.25) is 5.91 Å². The molecule has 1 amide bonds. The third kappa shape index (κ3) is 5.27. The topological polar surface area (TPSA) is 55.8 Å². The summed E-state index contributed by atoms with van der Waals surface area (Å²) in [4.78, 5) is 16.5. The zero-order chi connectivity index (χ0) is 16.8.